The summed E-state index contributed by atoms with van der Waals surface area (Å²) < 4.78 is 0. The first-order chi connectivity index (χ1) is 14.7. The second kappa shape index (κ2) is 7.56. The zero-order chi connectivity index (χ0) is 20.7. The molecule has 2 atom stereocenters. The average molecular weight is 400 g/mol. The average Bonchev–Trinajstić information content (AvgIpc) is 3.35. The molecule has 0 saturated heterocycles. The van der Waals surface area contributed by atoms with Crippen molar-refractivity contribution in [1.82, 2.24) is 9.80 Å². The Hall–Kier alpha value is -3.21. The second-order valence-electron chi connectivity index (χ2n) is 8.24. The first-order valence-corrected chi connectivity index (χ1v) is 10.7. The summed E-state index contributed by atoms with van der Waals surface area (Å²) in [6.07, 6.45) is 8.46. The molecule has 0 radical (unpaired) electrons. The van der Waals surface area contributed by atoms with Crippen molar-refractivity contribution in [3.8, 4) is 0 Å². The first kappa shape index (κ1) is 18.8. The summed E-state index contributed by atoms with van der Waals surface area (Å²) in [6.45, 7) is 0. The van der Waals surface area contributed by atoms with E-state index in [0.29, 0.717) is 17.5 Å². The van der Waals surface area contributed by atoms with Gasteiger partial charge in [-0.15, -0.1) is 0 Å². The summed E-state index contributed by atoms with van der Waals surface area (Å²) in [4.78, 5) is 43.1. The highest BCUT2D eigenvalue weighted by molar-refractivity contribution is 6.22. The molecule has 2 aliphatic heterocycles. The van der Waals surface area contributed by atoms with Gasteiger partial charge in [0.05, 0.1) is 17.2 Å². The summed E-state index contributed by atoms with van der Waals surface area (Å²) >= 11 is 0. The minimum Gasteiger partial charge on any atom is -0.327 e. The SMILES string of the molecule is O=C1c2ccccc2C(=O)N1C1CC=CC(c2ccccc2)N(C2CCCC2)C1=O. The summed E-state index contributed by atoms with van der Waals surface area (Å²) in [5, 5.41) is 0. The maximum Gasteiger partial charge on any atom is 0.262 e. The molecule has 2 aromatic rings. The third kappa shape index (κ3) is 2.96. The van der Waals surface area contributed by atoms with Gasteiger partial charge in [0.1, 0.15) is 6.04 Å². The molecule has 1 fully saturated rings. The number of carbonyl (C=O) groups excluding carboxylic acids is 3. The van der Waals surface area contributed by atoms with Gasteiger partial charge in [-0.2, -0.15) is 0 Å². The molecule has 3 aliphatic rings. The Bertz CT molecular complexity index is 989. The number of benzene rings is 2. The van der Waals surface area contributed by atoms with E-state index < -0.39 is 6.04 Å². The van der Waals surface area contributed by atoms with E-state index in [9.17, 15) is 14.4 Å². The quantitative estimate of drug-likeness (QED) is 0.575. The minimum absolute atomic E-state index is 0.128. The Morgan fingerprint density at radius 3 is 2.00 bits per heavy atom. The van der Waals surface area contributed by atoms with Crippen molar-refractivity contribution >= 4 is 17.7 Å². The number of hydrogen-bond donors (Lipinski definition) is 0. The van der Waals surface area contributed by atoms with Crippen molar-refractivity contribution in [2.45, 2.75) is 50.2 Å². The van der Waals surface area contributed by atoms with Crippen LogP contribution in [0.1, 0.15) is 64.4 Å². The first-order valence-electron chi connectivity index (χ1n) is 10.7. The van der Waals surface area contributed by atoms with Crippen LogP contribution in [0, 0.1) is 0 Å². The predicted molar refractivity (Wildman–Crippen MR) is 113 cm³/mol. The lowest BCUT2D eigenvalue weighted by atomic mass is 10.0. The number of hydrogen-bond acceptors (Lipinski definition) is 3. The maximum atomic E-state index is 13.9. The summed E-state index contributed by atoms with van der Waals surface area (Å²) in [6, 6.07) is 16.0. The van der Waals surface area contributed by atoms with Crippen LogP contribution >= 0.6 is 0 Å². The van der Waals surface area contributed by atoms with Crippen LogP contribution in [0.15, 0.2) is 66.7 Å². The van der Waals surface area contributed by atoms with E-state index in [2.05, 4.69) is 6.08 Å². The van der Waals surface area contributed by atoms with E-state index >= 15 is 0 Å². The van der Waals surface area contributed by atoms with Crippen molar-refractivity contribution in [3.05, 3.63) is 83.4 Å². The topological polar surface area (TPSA) is 57.7 Å². The molecule has 0 spiro atoms. The van der Waals surface area contributed by atoms with E-state index in [0.717, 1.165) is 31.2 Å². The third-order valence-corrected chi connectivity index (χ3v) is 6.51. The molecule has 0 bridgehead atoms. The Morgan fingerprint density at radius 2 is 1.37 bits per heavy atom. The van der Waals surface area contributed by atoms with Gasteiger partial charge in [-0.1, -0.05) is 67.5 Å². The lowest BCUT2D eigenvalue weighted by Crippen LogP contribution is -2.53. The van der Waals surface area contributed by atoms with E-state index in [1.165, 1.54) is 4.90 Å². The van der Waals surface area contributed by atoms with Crippen LogP contribution in [0.4, 0.5) is 0 Å². The summed E-state index contributed by atoms with van der Waals surface area (Å²) in [7, 11) is 0. The fourth-order valence-corrected chi connectivity index (χ4v) is 5.06. The molecule has 5 heteroatoms. The number of amides is 3. The highest BCUT2D eigenvalue weighted by atomic mass is 16.2. The van der Waals surface area contributed by atoms with Crippen molar-refractivity contribution in [1.29, 1.82) is 0 Å². The highest BCUT2D eigenvalue weighted by Gasteiger charge is 2.46. The highest BCUT2D eigenvalue weighted by Crippen LogP contribution is 2.37. The largest absolute Gasteiger partial charge is 0.327 e. The summed E-state index contributed by atoms with van der Waals surface area (Å²) in [5.41, 5.74) is 1.82. The van der Waals surface area contributed by atoms with Gasteiger partial charge in [0.15, 0.2) is 0 Å². The molecule has 3 amide bonds. The van der Waals surface area contributed by atoms with Crippen LogP contribution in [0.2, 0.25) is 0 Å². The number of carbonyl (C=O) groups is 3. The number of imide groups is 1. The molecule has 1 aliphatic carbocycles. The van der Waals surface area contributed by atoms with Crippen molar-refractivity contribution in [3.63, 3.8) is 0 Å². The molecule has 152 valence electrons. The second-order valence-corrected chi connectivity index (χ2v) is 8.24. The van der Waals surface area contributed by atoms with Gasteiger partial charge < -0.3 is 4.90 Å². The van der Waals surface area contributed by atoms with Gasteiger partial charge in [-0.3, -0.25) is 19.3 Å². The normalized spacial score (nSPS) is 24.5. The smallest absolute Gasteiger partial charge is 0.262 e. The zero-order valence-electron chi connectivity index (χ0n) is 16.7. The van der Waals surface area contributed by atoms with Crippen molar-refractivity contribution in [2.75, 3.05) is 0 Å². The predicted octanol–water partition coefficient (Wildman–Crippen LogP) is 4.12. The Balaban J connectivity index is 1.53. The molecule has 0 aromatic heterocycles. The van der Waals surface area contributed by atoms with Crippen molar-refractivity contribution < 1.29 is 14.4 Å². The van der Waals surface area contributed by atoms with Gasteiger partial charge in [0.25, 0.3) is 11.8 Å². The van der Waals surface area contributed by atoms with Crippen LogP contribution < -0.4 is 0 Å². The summed E-state index contributed by atoms with van der Waals surface area (Å²) in [5.74, 6) is -0.867. The van der Waals surface area contributed by atoms with E-state index in [1.807, 2.05) is 41.3 Å². The van der Waals surface area contributed by atoms with Gasteiger partial charge >= 0.3 is 0 Å². The van der Waals surface area contributed by atoms with Gasteiger partial charge in [-0.05, 0) is 37.0 Å². The molecular weight excluding hydrogens is 376 g/mol. The van der Waals surface area contributed by atoms with Crippen molar-refractivity contribution in [2.24, 2.45) is 0 Å². The Labute approximate surface area is 176 Å². The molecule has 1 saturated carbocycles. The van der Waals surface area contributed by atoms with Crippen LogP contribution in [-0.2, 0) is 4.79 Å². The van der Waals surface area contributed by atoms with Crippen LogP contribution in [0.25, 0.3) is 0 Å². The fourth-order valence-electron chi connectivity index (χ4n) is 5.06. The lowest BCUT2D eigenvalue weighted by Gasteiger charge is -2.37. The zero-order valence-corrected chi connectivity index (χ0v) is 16.7. The number of nitrogens with zero attached hydrogens (tertiary/aromatic N) is 2. The minimum atomic E-state index is -0.803. The number of fused-ring (bicyclic) bond motifs is 1. The van der Waals surface area contributed by atoms with E-state index in [1.54, 1.807) is 24.3 Å². The monoisotopic (exact) mass is 400 g/mol. The maximum absolute atomic E-state index is 13.9. The third-order valence-electron chi connectivity index (χ3n) is 6.51. The Kier molecular flexibility index (Phi) is 4.74. The fraction of sp³-hybridized carbons (Fsp3) is 0.320. The van der Waals surface area contributed by atoms with Gasteiger partial charge in [0, 0.05) is 6.04 Å². The van der Waals surface area contributed by atoms with Crippen LogP contribution in [0.3, 0.4) is 0 Å². The molecule has 5 rings (SSSR count). The molecule has 5 nitrogen and oxygen atoms in total. The van der Waals surface area contributed by atoms with Gasteiger partial charge in [-0.25, -0.2) is 0 Å². The van der Waals surface area contributed by atoms with E-state index in [-0.39, 0.29) is 29.8 Å². The standard InChI is InChI=1S/C25H24N2O3/c28-23-19-13-6-7-14-20(19)24(29)27(23)22-16-8-15-21(17-9-2-1-3-10-17)26(25(22)30)18-11-4-5-12-18/h1-3,6-10,13-15,18,21-22H,4-5,11-12,16H2. The molecular formula is C25H24N2O3. The van der Waals surface area contributed by atoms with E-state index in [4.69, 9.17) is 0 Å². The Morgan fingerprint density at radius 1 is 0.767 bits per heavy atom. The molecule has 2 heterocycles. The molecule has 0 N–H and O–H groups in total. The van der Waals surface area contributed by atoms with Crippen LogP contribution in [0.5, 0.6) is 0 Å². The van der Waals surface area contributed by atoms with Gasteiger partial charge in [0.2, 0.25) is 5.91 Å². The number of rotatable bonds is 3. The molecule has 30 heavy (non-hydrogen) atoms. The molecule has 2 aromatic carbocycles. The molecule has 2 unspecified atom stereocenters. The van der Waals surface area contributed by atoms with Crippen LogP contribution in [-0.4, -0.2) is 39.6 Å². The lowest BCUT2D eigenvalue weighted by molar-refractivity contribution is -0.139.